The van der Waals surface area contributed by atoms with E-state index in [1.165, 1.54) is 0 Å². The van der Waals surface area contributed by atoms with E-state index in [1.807, 2.05) is 24.4 Å². The monoisotopic (exact) mass is 453 g/mol. The van der Waals surface area contributed by atoms with Crippen LogP contribution < -0.4 is 16.0 Å². The number of thiazole rings is 1. The number of fused-ring (bicyclic) bond motifs is 1. The number of anilines is 2. The van der Waals surface area contributed by atoms with Crippen LogP contribution in [0.2, 0.25) is 5.02 Å². The number of carbonyl (C=O) groups excluding carboxylic acids is 2. The second-order valence-corrected chi connectivity index (χ2v) is 8.32. The van der Waals surface area contributed by atoms with Crippen LogP contribution in [0, 0.1) is 6.92 Å². The summed E-state index contributed by atoms with van der Waals surface area (Å²) in [4.78, 5) is 32.8. The largest absolute Gasteiger partial charge is 0.361 e. The summed E-state index contributed by atoms with van der Waals surface area (Å²) in [6.45, 7) is 2.24. The van der Waals surface area contributed by atoms with Crippen molar-refractivity contribution in [3.05, 3.63) is 75.9 Å². The van der Waals surface area contributed by atoms with Gasteiger partial charge in [0, 0.05) is 34.4 Å². The van der Waals surface area contributed by atoms with Crippen LogP contribution in [0.15, 0.2) is 54.7 Å². The summed E-state index contributed by atoms with van der Waals surface area (Å²) in [6, 6.07) is 14.4. The van der Waals surface area contributed by atoms with Crippen LogP contribution >= 0.6 is 22.9 Å². The highest BCUT2D eigenvalue weighted by molar-refractivity contribution is 7.17. The lowest BCUT2D eigenvalue weighted by Gasteiger charge is -2.05. The van der Waals surface area contributed by atoms with Crippen LogP contribution in [0.3, 0.4) is 0 Å². The number of carbonyl (C=O) groups is 2. The predicted octanol–water partition coefficient (Wildman–Crippen LogP) is 5.20. The molecule has 9 heteroatoms. The highest BCUT2D eigenvalue weighted by Gasteiger charge is 2.16. The second kappa shape index (κ2) is 9.20. The number of nitrogens with zero attached hydrogens (tertiary/aromatic N) is 1. The quantitative estimate of drug-likeness (QED) is 0.322. The molecule has 0 radical (unpaired) electrons. The van der Waals surface area contributed by atoms with Gasteiger partial charge < -0.3 is 15.6 Å². The number of aromatic amines is 1. The molecule has 3 amide bonds. The molecule has 2 heterocycles. The molecule has 0 bridgehead atoms. The van der Waals surface area contributed by atoms with Gasteiger partial charge >= 0.3 is 6.03 Å². The summed E-state index contributed by atoms with van der Waals surface area (Å²) in [5, 5.41) is 10.4. The first-order chi connectivity index (χ1) is 15.0. The topological polar surface area (TPSA) is 98.9 Å². The van der Waals surface area contributed by atoms with Crippen LogP contribution in [0.5, 0.6) is 0 Å². The first-order valence-corrected chi connectivity index (χ1v) is 10.8. The third-order valence-corrected chi connectivity index (χ3v) is 6.00. The van der Waals surface area contributed by atoms with Gasteiger partial charge in [0.05, 0.1) is 5.69 Å². The molecule has 0 atom stereocenters. The molecule has 0 fully saturated rings. The molecular formula is C22H20ClN5O2S. The van der Waals surface area contributed by atoms with Crippen molar-refractivity contribution < 1.29 is 9.59 Å². The van der Waals surface area contributed by atoms with Crippen molar-refractivity contribution in [3.63, 3.8) is 0 Å². The third-order valence-electron chi connectivity index (χ3n) is 4.68. The van der Waals surface area contributed by atoms with E-state index in [9.17, 15) is 9.59 Å². The van der Waals surface area contributed by atoms with Crippen molar-refractivity contribution in [3.8, 4) is 0 Å². The molecule has 0 aliphatic rings. The Balaban J connectivity index is 1.32. The maximum absolute atomic E-state index is 12.6. The standard InChI is InChI=1S/C22H20ClN5O2S/c1-13-19(20(29)24-11-10-14-12-25-18-5-3-2-4-17(14)18)31-22(26-13)28-21(30)27-16-8-6-15(23)7-9-16/h2-9,12,25H,10-11H2,1H3,(H,24,29)(H2,26,27,28,30). The Bertz CT molecular complexity index is 1230. The molecule has 7 nitrogen and oxygen atoms in total. The number of hydrogen-bond donors (Lipinski definition) is 4. The van der Waals surface area contributed by atoms with E-state index in [-0.39, 0.29) is 5.91 Å². The van der Waals surface area contributed by atoms with Crippen molar-refractivity contribution in [1.82, 2.24) is 15.3 Å². The average Bonchev–Trinajstić information content (AvgIpc) is 3.33. The van der Waals surface area contributed by atoms with Gasteiger partial charge in [-0.15, -0.1) is 0 Å². The molecule has 0 saturated heterocycles. The molecule has 4 aromatic rings. The van der Waals surface area contributed by atoms with Crippen LogP contribution in [0.1, 0.15) is 20.9 Å². The Kier molecular flexibility index (Phi) is 6.20. The minimum atomic E-state index is -0.442. The van der Waals surface area contributed by atoms with Crippen LogP contribution in [-0.2, 0) is 6.42 Å². The number of hydrogen-bond acceptors (Lipinski definition) is 4. The van der Waals surface area contributed by atoms with Crippen LogP contribution in [0.25, 0.3) is 10.9 Å². The Morgan fingerprint density at radius 1 is 1.10 bits per heavy atom. The minimum Gasteiger partial charge on any atom is -0.361 e. The number of aryl methyl sites for hydroxylation is 1. The highest BCUT2D eigenvalue weighted by atomic mass is 35.5. The maximum atomic E-state index is 12.6. The Morgan fingerprint density at radius 2 is 1.87 bits per heavy atom. The number of halogens is 1. The van der Waals surface area contributed by atoms with E-state index < -0.39 is 6.03 Å². The fraction of sp³-hybridized carbons (Fsp3) is 0.136. The lowest BCUT2D eigenvalue weighted by Crippen LogP contribution is -2.25. The first-order valence-electron chi connectivity index (χ1n) is 9.64. The summed E-state index contributed by atoms with van der Waals surface area (Å²) in [5.74, 6) is -0.207. The zero-order chi connectivity index (χ0) is 21.8. The van der Waals surface area contributed by atoms with Gasteiger partial charge in [0.15, 0.2) is 5.13 Å². The summed E-state index contributed by atoms with van der Waals surface area (Å²) in [7, 11) is 0. The number of H-pyrrole nitrogens is 1. The Hall–Kier alpha value is -3.36. The van der Waals surface area contributed by atoms with E-state index in [1.54, 1.807) is 31.2 Å². The first kappa shape index (κ1) is 20.9. The Morgan fingerprint density at radius 3 is 2.68 bits per heavy atom. The molecule has 0 aliphatic heterocycles. The molecule has 0 spiro atoms. The van der Waals surface area contributed by atoms with Crippen molar-refractivity contribution in [2.75, 3.05) is 17.2 Å². The van der Waals surface area contributed by atoms with Gasteiger partial charge in [0.2, 0.25) is 0 Å². The molecule has 4 N–H and O–H groups in total. The number of benzene rings is 2. The van der Waals surface area contributed by atoms with Gasteiger partial charge in [-0.25, -0.2) is 9.78 Å². The number of para-hydroxylation sites is 1. The lowest BCUT2D eigenvalue weighted by atomic mass is 10.1. The highest BCUT2D eigenvalue weighted by Crippen LogP contribution is 2.23. The van der Waals surface area contributed by atoms with Crippen LogP contribution in [0.4, 0.5) is 15.6 Å². The number of rotatable bonds is 6. The van der Waals surface area contributed by atoms with Crippen molar-refractivity contribution in [2.24, 2.45) is 0 Å². The van der Waals surface area contributed by atoms with Gasteiger partial charge in [0.25, 0.3) is 5.91 Å². The average molecular weight is 454 g/mol. The summed E-state index contributed by atoms with van der Waals surface area (Å²) in [6.07, 6.45) is 2.68. The maximum Gasteiger partial charge on any atom is 0.325 e. The molecular weight excluding hydrogens is 434 g/mol. The van der Waals surface area contributed by atoms with Gasteiger partial charge in [-0.05, 0) is 49.2 Å². The molecule has 158 valence electrons. The van der Waals surface area contributed by atoms with Crippen molar-refractivity contribution in [1.29, 1.82) is 0 Å². The molecule has 4 rings (SSSR count). The zero-order valence-electron chi connectivity index (χ0n) is 16.7. The minimum absolute atomic E-state index is 0.207. The van der Waals surface area contributed by atoms with Gasteiger partial charge in [-0.1, -0.05) is 41.1 Å². The predicted molar refractivity (Wildman–Crippen MR) is 125 cm³/mol. The summed E-state index contributed by atoms with van der Waals surface area (Å²) >= 11 is 6.98. The van der Waals surface area contributed by atoms with E-state index >= 15 is 0 Å². The fourth-order valence-corrected chi connectivity index (χ4v) is 4.19. The smallest absolute Gasteiger partial charge is 0.325 e. The third kappa shape index (κ3) is 5.04. The lowest BCUT2D eigenvalue weighted by molar-refractivity contribution is 0.0957. The van der Waals surface area contributed by atoms with Gasteiger partial charge in [0.1, 0.15) is 4.88 Å². The van der Waals surface area contributed by atoms with E-state index in [2.05, 4.69) is 32.0 Å². The second-order valence-electron chi connectivity index (χ2n) is 6.88. The molecule has 0 aliphatic carbocycles. The molecule has 31 heavy (non-hydrogen) atoms. The molecule has 0 unspecified atom stereocenters. The van der Waals surface area contributed by atoms with Crippen LogP contribution in [-0.4, -0.2) is 28.5 Å². The van der Waals surface area contributed by atoms with Gasteiger partial charge in [-0.3, -0.25) is 10.1 Å². The normalized spacial score (nSPS) is 10.8. The van der Waals surface area contributed by atoms with Crippen molar-refractivity contribution in [2.45, 2.75) is 13.3 Å². The van der Waals surface area contributed by atoms with Crippen molar-refractivity contribution >= 4 is 56.6 Å². The zero-order valence-corrected chi connectivity index (χ0v) is 18.2. The Labute approximate surface area is 187 Å². The van der Waals surface area contributed by atoms with E-state index in [0.29, 0.717) is 39.4 Å². The summed E-state index contributed by atoms with van der Waals surface area (Å²) < 4.78 is 0. The molecule has 0 saturated carbocycles. The number of amides is 3. The number of urea groups is 1. The fourth-order valence-electron chi connectivity index (χ4n) is 3.18. The number of aromatic nitrogens is 2. The van der Waals surface area contributed by atoms with Gasteiger partial charge in [-0.2, -0.15) is 0 Å². The molecule has 2 aromatic carbocycles. The number of nitrogens with one attached hydrogen (secondary N) is 4. The summed E-state index contributed by atoms with van der Waals surface area (Å²) in [5.41, 5.74) is 3.40. The van der Waals surface area contributed by atoms with E-state index in [4.69, 9.17) is 11.6 Å². The SMILES string of the molecule is Cc1nc(NC(=O)Nc2ccc(Cl)cc2)sc1C(=O)NCCc1c[nH]c2ccccc12. The van der Waals surface area contributed by atoms with E-state index in [0.717, 1.165) is 27.8 Å². The molecule has 2 aromatic heterocycles.